The van der Waals surface area contributed by atoms with Crippen LogP contribution in [0.2, 0.25) is 0 Å². The summed E-state index contributed by atoms with van der Waals surface area (Å²) in [6.07, 6.45) is 2.79. The number of nitrogens with zero attached hydrogens (tertiary/aromatic N) is 1. The van der Waals surface area contributed by atoms with E-state index in [4.69, 9.17) is 9.68 Å². The van der Waals surface area contributed by atoms with E-state index in [0.29, 0.717) is 23.6 Å². The van der Waals surface area contributed by atoms with Gasteiger partial charge in [0, 0.05) is 17.5 Å². The van der Waals surface area contributed by atoms with Crippen LogP contribution in [0, 0.1) is 11.3 Å². The number of esters is 1. The van der Waals surface area contributed by atoms with E-state index in [1.54, 1.807) is 48.7 Å². The Morgan fingerprint density at radius 2 is 2.04 bits per heavy atom. The summed E-state index contributed by atoms with van der Waals surface area (Å²) in [5.74, 6) is -0.293. The highest BCUT2D eigenvalue weighted by molar-refractivity contribution is 5.94. The maximum atomic E-state index is 12.0. The molecule has 0 aliphatic carbocycles. The number of nitriles is 1. The van der Waals surface area contributed by atoms with E-state index < -0.39 is 5.97 Å². The topological polar surface area (TPSA) is 104 Å². The van der Waals surface area contributed by atoms with Crippen LogP contribution in [-0.4, -0.2) is 19.0 Å². The fourth-order valence-electron chi connectivity index (χ4n) is 1.80. The Hall–Kier alpha value is -3.53. The molecule has 0 spiro atoms. The molecule has 7 nitrogen and oxygen atoms in total. The molecule has 2 N–H and O–H groups in total. The fraction of sp³-hybridized carbons (Fsp3) is 0.118. The number of nitrogens with one attached hydrogen (secondary N) is 2. The van der Waals surface area contributed by atoms with Crippen LogP contribution in [0.4, 0.5) is 5.69 Å². The number of rotatable bonds is 6. The van der Waals surface area contributed by atoms with Gasteiger partial charge in [-0.05, 0) is 36.4 Å². The zero-order valence-electron chi connectivity index (χ0n) is 12.9. The van der Waals surface area contributed by atoms with Crippen LogP contribution in [0.3, 0.4) is 0 Å². The van der Waals surface area contributed by atoms with Crippen LogP contribution in [0.15, 0.2) is 58.9 Å². The third-order valence-corrected chi connectivity index (χ3v) is 3.06. The largest absolute Gasteiger partial charge is 0.467 e. The average molecular weight is 325 g/mol. The zero-order valence-corrected chi connectivity index (χ0v) is 12.9. The molecule has 2 rings (SSSR count). The van der Waals surface area contributed by atoms with Gasteiger partial charge in [-0.3, -0.25) is 4.79 Å². The molecule has 0 saturated heterocycles. The number of benzene rings is 1. The number of ether oxygens (including phenoxy) is 1. The van der Waals surface area contributed by atoms with Crippen LogP contribution >= 0.6 is 0 Å². The molecule has 0 aliphatic rings. The normalized spacial score (nSPS) is 10.6. The minimum atomic E-state index is -0.723. The Kier molecular flexibility index (Phi) is 5.75. The SMILES string of the molecule is COC(=O)/C(C#N)=C\Nc1ccc(C(=O)NCc2ccco2)cc1. The number of methoxy groups -OCH3 is 1. The molecule has 0 atom stereocenters. The van der Waals surface area contributed by atoms with E-state index in [1.807, 2.05) is 0 Å². The number of hydrogen-bond donors (Lipinski definition) is 2. The van der Waals surface area contributed by atoms with Gasteiger partial charge in [0.2, 0.25) is 0 Å². The van der Waals surface area contributed by atoms with Gasteiger partial charge in [-0.1, -0.05) is 0 Å². The molecule has 2 aromatic rings. The fourth-order valence-corrected chi connectivity index (χ4v) is 1.80. The van der Waals surface area contributed by atoms with Crippen molar-refractivity contribution in [2.24, 2.45) is 0 Å². The predicted octanol–water partition coefficient (Wildman–Crippen LogP) is 2.20. The second-order valence-corrected chi connectivity index (χ2v) is 4.65. The van der Waals surface area contributed by atoms with Crippen LogP contribution in [0.5, 0.6) is 0 Å². The molecule has 0 unspecified atom stereocenters. The van der Waals surface area contributed by atoms with Gasteiger partial charge < -0.3 is 19.8 Å². The Morgan fingerprint density at radius 1 is 1.29 bits per heavy atom. The van der Waals surface area contributed by atoms with E-state index >= 15 is 0 Å². The van der Waals surface area contributed by atoms with Crippen molar-refractivity contribution < 1.29 is 18.7 Å². The molecule has 0 bridgehead atoms. The summed E-state index contributed by atoms with van der Waals surface area (Å²) in [5, 5.41) is 14.4. The molecular formula is C17H15N3O4. The Labute approximate surface area is 138 Å². The van der Waals surface area contributed by atoms with Gasteiger partial charge in [0.25, 0.3) is 5.91 Å². The van der Waals surface area contributed by atoms with Crippen molar-refractivity contribution in [3.63, 3.8) is 0 Å². The summed E-state index contributed by atoms with van der Waals surface area (Å²) in [4.78, 5) is 23.3. The summed E-state index contributed by atoms with van der Waals surface area (Å²) >= 11 is 0. The lowest BCUT2D eigenvalue weighted by Gasteiger charge is -2.05. The van der Waals surface area contributed by atoms with Gasteiger partial charge >= 0.3 is 5.97 Å². The van der Waals surface area contributed by atoms with E-state index in [9.17, 15) is 9.59 Å². The minimum absolute atomic E-state index is 0.155. The Balaban J connectivity index is 1.95. The number of carbonyl (C=O) groups excluding carboxylic acids is 2. The molecule has 24 heavy (non-hydrogen) atoms. The van der Waals surface area contributed by atoms with Crippen molar-refractivity contribution in [1.82, 2.24) is 5.32 Å². The number of anilines is 1. The summed E-state index contributed by atoms with van der Waals surface area (Å²) in [6, 6.07) is 11.8. The number of hydrogen-bond acceptors (Lipinski definition) is 6. The van der Waals surface area contributed by atoms with Gasteiger partial charge in [0.05, 0.1) is 19.9 Å². The molecule has 0 saturated carbocycles. The Morgan fingerprint density at radius 3 is 2.62 bits per heavy atom. The maximum absolute atomic E-state index is 12.0. The first-order valence-corrected chi connectivity index (χ1v) is 7.00. The summed E-state index contributed by atoms with van der Waals surface area (Å²) in [5.41, 5.74) is 0.941. The molecule has 0 radical (unpaired) electrons. The second kappa shape index (κ2) is 8.19. The number of furan rings is 1. The van der Waals surface area contributed by atoms with E-state index in [1.165, 1.54) is 13.3 Å². The minimum Gasteiger partial charge on any atom is -0.467 e. The van der Waals surface area contributed by atoms with Crippen LogP contribution in [-0.2, 0) is 16.1 Å². The van der Waals surface area contributed by atoms with Gasteiger partial charge in [-0.15, -0.1) is 0 Å². The van der Waals surface area contributed by atoms with E-state index in [2.05, 4.69) is 15.4 Å². The third kappa shape index (κ3) is 4.48. The number of carbonyl (C=O) groups is 2. The van der Waals surface area contributed by atoms with Crippen molar-refractivity contribution in [2.45, 2.75) is 6.54 Å². The summed E-state index contributed by atoms with van der Waals surface area (Å²) in [6.45, 7) is 0.305. The van der Waals surface area contributed by atoms with Gasteiger partial charge in [-0.2, -0.15) is 5.26 Å². The van der Waals surface area contributed by atoms with Gasteiger partial charge in [0.1, 0.15) is 11.8 Å². The molecule has 0 fully saturated rings. The average Bonchev–Trinajstić information content (AvgIpc) is 3.14. The molecule has 1 heterocycles. The highest BCUT2D eigenvalue weighted by Gasteiger charge is 2.08. The predicted molar refractivity (Wildman–Crippen MR) is 85.7 cm³/mol. The van der Waals surface area contributed by atoms with Crippen molar-refractivity contribution in [3.8, 4) is 6.07 Å². The standard InChI is InChI=1S/C17H15N3O4/c1-23-17(22)13(9-18)10-19-14-6-4-12(5-7-14)16(21)20-11-15-3-2-8-24-15/h2-8,10,19H,11H2,1H3,(H,20,21)/b13-10-. The quantitative estimate of drug-likeness (QED) is 0.479. The highest BCUT2D eigenvalue weighted by atomic mass is 16.5. The summed E-state index contributed by atoms with van der Waals surface area (Å²) in [7, 11) is 1.20. The maximum Gasteiger partial charge on any atom is 0.350 e. The van der Waals surface area contributed by atoms with Gasteiger partial charge in [0.15, 0.2) is 5.57 Å². The first kappa shape index (κ1) is 16.8. The molecule has 1 aromatic carbocycles. The van der Waals surface area contributed by atoms with Crippen LogP contribution < -0.4 is 10.6 Å². The molecule has 1 amide bonds. The zero-order chi connectivity index (χ0) is 17.4. The molecule has 122 valence electrons. The first-order valence-electron chi connectivity index (χ1n) is 7.00. The lowest BCUT2D eigenvalue weighted by atomic mass is 10.2. The lowest BCUT2D eigenvalue weighted by molar-refractivity contribution is -0.135. The van der Waals surface area contributed by atoms with Crippen molar-refractivity contribution in [2.75, 3.05) is 12.4 Å². The molecular weight excluding hydrogens is 310 g/mol. The van der Waals surface area contributed by atoms with Crippen LogP contribution in [0.25, 0.3) is 0 Å². The van der Waals surface area contributed by atoms with Crippen LogP contribution in [0.1, 0.15) is 16.1 Å². The van der Waals surface area contributed by atoms with Crippen molar-refractivity contribution in [1.29, 1.82) is 5.26 Å². The van der Waals surface area contributed by atoms with Gasteiger partial charge in [-0.25, -0.2) is 4.79 Å². The number of amides is 1. The lowest BCUT2D eigenvalue weighted by Crippen LogP contribution is -2.22. The smallest absolute Gasteiger partial charge is 0.350 e. The van der Waals surface area contributed by atoms with Crippen molar-refractivity contribution in [3.05, 3.63) is 65.8 Å². The molecule has 7 heteroatoms. The first-order chi connectivity index (χ1) is 11.6. The highest BCUT2D eigenvalue weighted by Crippen LogP contribution is 2.11. The molecule has 0 aliphatic heterocycles. The van der Waals surface area contributed by atoms with E-state index in [-0.39, 0.29) is 11.5 Å². The molecule has 1 aromatic heterocycles. The summed E-state index contributed by atoms with van der Waals surface area (Å²) < 4.78 is 9.61. The third-order valence-electron chi connectivity index (χ3n) is 3.06. The monoisotopic (exact) mass is 325 g/mol. The van der Waals surface area contributed by atoms with E-state index in [0.717, 1.165) is 0 Å². The second-order valence-electron chi connectivity index (χ2n) is 4.65. The van der Waals surface area contributed by atoms with Crippen molar-refractivity contribution >= 4 is 17.6 Å². The Bertz CT molecular complexity index is 771.